The van der Waals surface area contributed by atoms with E-state index in [0.717, 1.165) is 27.7 Å². The number of H-pyrrole nitrogens is 2. The molecule has 4 rings (SSSR count). The van der Waals surface area contributed by atoms with E-state index in [1.165, 1.54) is 0 Å². The second-order valence-corrected chi connectivity index (χ2v) is 7.71. The molecule has 2 heterocycles. The maximum Gasteiger partial charge on any atom is 0.246 e. The quantitative estimate of drug-likeness (QED) is 0.402. The SMILES string of the molecule is Cc1cc(OCC(=O)CC(C)C)ccc1-c1nc(Nc2ccc3[nH]ncc3c2)n[nH]1. The predicted octanol–water partition coefficient (Wildman–Crippen LogP) is 4.39. The molecule has 0 bridgehead atoms. The van der Waals surface area contributed by atoms with Crippen LogP contribution in [0.5, 0.6) is 5.75 Å². The first-order chi connectivity index (χ1) is 14.5. The monoisotopic (exact) mass is 404 g/mol. The molecule has 154 valence electrons. The van der Waals surface area contributed by atoms with Gasteiger partial charge in [-0.2, -0.15) is 10.1 Å². The molecule has 0 unspecified atom stereocenters. The van der Waals surface area contributed by atoms with Gasteiger partial charge in [0.25, 0.3) is 0 Å². The highest BCUT2D eigenvalue weighted by Gasteiger charge is 2.11. The van der Waals surface area contributed by atoms with Crippen molar-refractivity contribution in [3.8, 4) is 17.1 Å². The van der Waals surface area contributed by atoms with Crippen LogP contribution >= 0.6 is 0 Å². The summed E-state index contributed by atoms with van der Waals surface area (Å²) in [6, 6.07) is 11.5. The van der Waals surface area contributed by atoms with Crippen LogP contribution in [-0.4, -0.2) is 37.8 Å². The molecule has 0 saturated heterocycles. The Labute approximate surface area is 174 Å². The standard InChI is InChI=1S/C22H24N6O2/c1-13(2)8-17(29)12-30-18-5-6-19(14(3)9-18)21-25-22(28-27-21)24-16-4-7-20-15(10-16)11-23-26-20/h4-7,9-11,13H,8,12H2,1-3H3,(H,23,26)(H2,24,25,27,28). The van der Waals surface area contributed by atoms with Gasteiger partial charge in [-0.15, -0.1) is 5.10 Å². The first-order valence-corrected chi connectivity index (χ1v) is 9.86. The van der Waals surface area contributed by atoms with Gasteiger partial charge in [0.15, 0.2) is 11.6 Å². The highest BCUT2D eigenvalue weighted by Crippen LogP contribution is 2.26. The number of anilines is 2. The number of ether oxygens (including phenoxy) is 1. The summed E-state index contributed by atoms with van der Waals surface area (Å²) >= 11 is 0. The molecule has 3 N–H and O–H groups in total. The highest BCUT2D eigenvalue weighted by atomic mass is 16.5. The zero-order chi connectivity index (χ0) is 21.1. The summed E-state index contributed by atoms with van der Waals surface area (Å²) in [5.74, 6) is 2.24. The average Bonchev–Trinajstić information content (AvgIpc) is 3.35. The summed E-state index contributed by atoms with van der Waals surface area (Å²) in [4.78, 5) is 16.4. The predicted molar refractivity (Wildman–Crippen MR) is 116 cm³/mol. The van der Waals surface area contributed by atoms with Gasteiger partial charge in [0.1, 0.15) is 12.4 Å². The molecule has 0 atom stereocenters. The van der Waals surface area contributed by atoms with E-state index in [2.05, 4.69) is 30.7 Å². The Morgan fingerprint density at radius 2 is 2.03 bits per heavy atom. The average molecular weight is 404 g/mol. The lowest BCUT2D eigenvalue weighted by atomic mass is 10.1. The summed E-state index contributed by atoms with van der Waals surface area (Å²) in [5, 5.41) is 18.4. The van der Waals surface area contributed by atoms with Crippen LogP contribution in [0.4, 0.5) is 11.6 Å². The topological polar surface area (TPSA) is 109 Å². The zero-order valence-electron chi connectivity index (χ0n) is 17.2. The fourth-order valence-corrected chi connectivity index (χ4v) is 3.26. The Morgan fingerprint density at radius 1 is 1.17 bits per heavy atom. The minimum atomic E-state index is 0.0916. The Kier molecular flexibility index (Phi) is 5.47. The van der Waals surface area contributed by atoms with Gasteiger partial charge in [-0.25, -0.2) is 0 Å². The first kappa shape index (κ1) is 19.6. The van der Waals surface area contributed by atoms with Crippen LogP contribution in [0.2, 0.25) is 0 Å². The molecule has 0 aliphatic carbocycles. The Hall–Kier alpha value is -3.68. The largest absolute Gasteiger partial charge is 0.486 e. The van der Waals surface area contributed by atoms with Crippen LogP contribution in [0.3, 0.4) is 0 Å². The first-order valence-electron chi connectivity index (χ1n) is 9.86. The number of ketones is 1. The smallest absolute Gasteiger partial charge is 0.246 e. The minimum absolute atomic E-state index is 0.0916. The molecule has 4 aromatic rings. The number of fused-ring (bicyclic) bond motifs is 1. The lowest BCUT2D eigenvalue weighted by Crippen LogP contribution is -2.13. The zero-order valence-corrected chi connectivity index (χ0v) is 17.2. The normalized spacial score (nSPS) is 11.2. The number of nitrogens with one attached hydrogen (secondary N) is 3. The fraction of sp³-hybridized carbons (Fsp3) is 0.273. The summed E-state index contributed by atoms with van der Waals surface area (Å²) < 4.78 is 5.64. The van der Waals surface area contributed by atoms with E-state index in [9.17, 15) is 4.79 Å². The van der Waals surface area contributed by atoms with Crippen molar-refractivity contribution < 1.29 is 9.53 Å². The summed E-state index contributed by atoms with van der Waals surface area (Å²) in [6.45, 7) is 6.11. The minimum Gasteiger partial charge on any atom is -0.486 e. The second-order valence-electron chi connectivity index (χ2n) is 7.71. The van der Waals surface area contributed by atoms with Crippen molar-refractivity contribution in [1.82, 2.24) is 25.4 Å². The molecule has 2 aromatic carbocycles. The number of hydrogen-bond donors (Lipinski definition) is 3. The fourth-order valence-electron chi connectivity index (χ4n) is 3.26. The van der Waals surface area contributed by atoms with E-state index >= 15 is 0 Å². The Morgan fingerprint density at radius 3 is 2.83 bits per heavy atom. The molecule has 2 aromatic heterocycles. The van der Waals surface area contributed by atoms with Crippen LogP contribution in [0.1, 0.15) is 25.8 Å². The van der Waals surface area contributed by atoms with Crippen LogP contribution in [0, 0.1) is 12.8 Å². The molecule has 0 radical (unpaired) electrons. The van der Waals surface area contributed by atoms with Crippen LogP contribution in [-0.2, 0) is 4.79 Å². The Balaban J connectivity index is 1.44. The third kappa shape index (κ3) is 4.48. The van der Waals surface area contributed by atoms with Gasteiger partial charge in [-0.1, -0.05) is 13.8 Å². The highest BCUT2D eigenvalue weighted by molar-refractivity contribution is 5.82. The van der Waals surface area contributed by atoms with Gasteiger partial charge >= 0.3 is 0 Å². The molecule has 0 aliphatic heterocycles. The lowest BCUT2D eigenvalue weighted by Gasteiger charge is -2.09. The summed E-state index contributed by atoms with van der Waals surface area (Å²) in [7, 11) is 0. The van der Waals surface area contributed by atoms with Crippen molar-refractivity contribution in [2.24, 2.45) is 5.92 Å². The molecule has 8 nitrogen and oxygen atoms in total. The number of hydrogen-bond acceptors (Lipinski definition) is 6. The third-order valence-corrected chi connectivity index (χ3v) is 4.67. The second kappa shape index (κ2) is 8.36. The number of Topliss-reactive ketones (excluding diaryl/α,β-unsaturated/α-hetero) is 1. The van der Waals surface area contributed by atoms with Gasteiger partial charge < -0.3 is 10.1 Å². The molecule has 0 aliphatic rings. The van der Waals surface area contributed by atoms with Crippen LogP contribution < -0.4 is 10.1 Å². The lowest BCUT2D eigenvalue weighted by molar-refractivity contribution is -0.121. The number of aromatic amines is 2. The van der Waals surface area contributed by atoms with Gasteiger partial charge in [0.2, 0.25) is 5.95 Å². The maximum atomic E-state index is 11.8. The molecular formula is C22H24N6O2. The van der Waals surface area contributed by atoms with Gasteiger partial charge in [0, 0.05) is 23.1 Å². The number of carbonyl (C=O) groups excluding carboxylic acids is 1. The molecule has 8 heteroatoms. The molecule has 0 saturated carbocycles. The number of aryl methyl sites for hydroxylation is 1. The number of aromatic nitrogens is 5. The van der Waals surface area contributed by atoms with E-state index in [0.29, 0.717) is 29.9 Å². The van der Waals surface area contributed by atoms with E-state index in [-0.39, 0.29) is 12.4 Å². The van der Waals surface area contributed by atoms with Gasteiger partial charge in [-0.05, 0) is 54.8 Å². The van der Waals surface area contributed by atoms with Crippen LogP contribution in [0.15, 0.2) is 42.6 Å². The summed E-state index contributed by atoms with van der Waals surface area (Å²) in [5.41, 5.74) is 3.74. The van der Waals surface area contributed by atoms with Crippen molar-refractivity contribution in [2.75, 3.05) is 11.9 Å². The third-order valence-electron chi connectivity index (χ3n) is 4.67. The molecule has 0 fully saturated rings. The van der Waals surface area contributed by atoms with E-state index in [4.69, 9.17) is 4.74 Å². The van der Waals surface area contributed by atoms with E-state index < -0.39 is 0 Å². The Bertz CT molecular complexity index is 1180. The number of carbonyl (C=O) groups is 1. The van der Waals surface area contributed by atoms with Gasteiger partial charge in [-0.3, -0.25) is 15.0 Å². The molecule has 30 heavy (non-hydrogen) atoms. The number of nitrogens with zero attached hydrogens (tertiary/aromatic N) is 3. The molecule has 0 spiro atoms. The van der Waals surface area contributed by atoms with Crippen molar-refractivity contribution in [2.45, 2.75) is 27.2 Å². The molecular weight excluding hydrogens is 380 g/mol. The molecule has 0 amide bonds. The van der Waals surface area contributed by atoms with Crippen LogP contribution in [0.25, 0.3) is 22.3 Å². The number of rotatable bonds is 8. The van der Waals surface area contributed by atoms with Crippen molar-refractivity contribution in [3.63, 3.8) is 0 Å². The maximum absolute atomic E-state index is 11.8. The summed E-state index contributed by atoms with van der Waals surface area (Å²) in [6.07, 6.45) is 2.30. The van der Waals surface area contributed by atoms with E-state index in [1.807, 2.05) is 57.2 Å². The van der Waals surface area contributed by atoms with Crippen molar-refractivity contribution in [3.05, 3.63) is 48.2 Å². The van der Waals surface area contributed by atoms with Gasteiger partial charge in [0.05, 0.1) is 11.7 Å². The van der Waals surface area contributed by atoms with Crippen molar-refractivity contribution in [1.29, 1.82) is 0 Å². The van der Waals surface area contributed by atoms with Crippen molar-refractivity contribution >= 4 is 28.3 Å². The number of benzene rings is 2. The van der Waals surface area contributed by atoms with E-state index in [1.54, 1.807) is 6.20 Å².